The molecule has 6 heteroatoms. The zero-order valence-electron chi connectivity index (χ0n) is 15.1. The number of rotatable bonds is 11. The molecule has 0 aromatic carbocycles. The molecule has 0 aliphatic carbocycles. The molecule has 4 nitrogen and oxygen atoms in total. The molecule has 1 fully saturated rings. The Bertz CT molecular complexity index is 343. The largest absolute Gasteiger partial charge is 0.454 e. The minimum Gasteiger partial charge on any atom is -0.454 e. The third kappa shape index (κ3) is 7.58. The van der Waals surface area contributed by atoms with Gasteiger partial charge in [0.2, 0.25) is 0 Å². The van der Waals surface area contributed by atoms with Crippen LogP contribution in [-0.4, -0.2) is 39.1 Å². The monoisotopic (exact) mass is 362 g/mol. The van der Waals surface area contributed by atoms with Gasteiger partial charge in [-0.25, -0.2) is 0 Å². The smallest absolute Gasteiger partial charge is 0.335 e. The van der Waals surface area contributed by atoms with Crippen LogP contribution in [0.2, 0.25) is 12.6 Å². The second kappa shape index (κ2) is 10.7. The zero-order chi connectivity index (χ0) is 17.2. The Hall–Kier alpha value is -0.0431. The van der Waals surface area contributed by atoms with Gasteiger partial charge in [-0.15, -0.1) is 0 Å². The van der Waals surface area contributed by atoms with E-state index in [9.17, 15) is 4.79 Å². The summed E-state index contributed by atoms with van der Waals surface area (Å²) in [6, 6.07) is 0.946. The molecule has 0 N–H and O–H groups in total. The van der Waals surface area contributed by atoms with Gasteiger partial charge in [0.05, 0.1) is 13.2 Å². The molecule has 1 aliphatic rings. The first-order valence-corrected chi connectivity index (χ1v) is 12.3. The topological polar surface area (TPSA) is 44.8 Å². The van der Waals surface area contributed by atoms with Gasteiger partial charge in [0, 0.05) is 6.42 Å². The minimum absolute atomic E-state index is 0.115. The quantitative estimate of drug-likeness (QED) is 0.255. The van der Waals surface area contributed by atoms with Crippen LogP contribution in [0, 0.1) is 0 Å². The Morgan fingerprint density at radius 2 is 1.78 bits per heavy atom. The van der Waals surface area contributed by atoms with Crippen molar-refractivity contribution in [2.45, 2.75) is 83.4 Å². The lowest BCUT2D eigenvalue weighted by atomic mass is 10.0. The second-order valence-electron chi connectivity index (χ2n) is 6.71. The lowest BCUT2D eigenvalue weighted by molar-refractivity contribution is -0.176. The maximum atomic E-state index is 12.1. The van der Waals surface area contributed by atoms with Crippen LogP contribution < -0.4 is 0 Å². The highest BCUT2D eigenvalue weighted by molar-refractivity contribution is 7.80. The van der Waals surface area contributed by atoms with Crippen LogP contribution in [-0.2, 0) is 18.4 Å². The number of carbonyl (C=O) groups is 1. The summed E-state index contributed by atoms with van der Waals surface area (Å²) in [4.78, 5) is 12.1. The number of hydrogen-bond acceptors (Lipinski definition) is 5. The van der Waals surface area contributed by atoms with Crippen molar-refractivity contribution in [2.24, 2.45) is 0 Å². The molecular weight excluding hydrogens is 328 g/mol. The van der Waals surface area contributed by atoms with Crippen molar-refractivity contribution in [3.8, 4) is 0 Å². The van der Waals surface area contributed by atoms with E-state index in [1.165, 1.54) is 19.3 Å². The summed E-state index contributed by atoms with van der Waals surface area (Å²) < 4.78 is 17.8. The Labute approximate surface area is 148 Å². The normalized spacial score (nSPS) is 27.8. The van der Waals surface area contributed by atoms with Crippen LogP contribution >= 0.6 is 12.6 Å². The van der Waals surface area contributed by atoms with E-state index >= 15 is 0 Å². The van der Waals surface area contributed by atoms with Gasteiger partial charge in [-0.3, -0.25) is 4.79 Å². The summed E-state index contributed by atoms with van der Waals surface area (Å²) in [5, 5.41) is 0. The van der Waals surface area contributed by atoms with Gasteiger partial charge in [-0.1, -0.05) is 39.5 Å². The van der Waals surface area contributed by atoms with Crippen LogP contribution in [0.1, 0.15) is 65.2 Å². The molecule has 0 saturated carbocycles. The third-order valence-corrected chi connectivity index (χ3v) is 7.62. The molecule has 0 aromatic heterocycles. The average molecular weight is 363 g/mol. The molecule has 1 saturated heterocycles. The Morgan fingerprint density at radius 3 is 2.35 bits per heavy atom. The van der Waals surface area contributed by atoms with Gasteiger partial charge in [-0.05, 0) is 37.6 Å². The summed E-state index contributed by atoms with van der Waals surface area (Å²) in [5.74, 6) is 0.734. The van der Waals surface area contributed by atoms with Crippen molar-refractivity contribution in [1.82, 2.24) is 0 Å². The predicted octanol–water partition coefficient (Wildman–Crippen LogP) is 4.48. The van der Waals surface area contributed by atoms with E-state index in [1.807, 2.05) is 6.92 Å². The molecule has 0 unspecified atom stereocenters. The van der Waals surface area contributed by atoms with E-state index in [-0.39, 0.29) is 5.97 Å². The van der Waals surface area contributed by atoms with Crippen LogP contribution in [0.5, 0.6) is 0 Å². The summed E-state index contributed by atoms with van der Waals surface area (Å²) >= 11 is 4.25. The van der Waals surface area contributed by atoms with Gasteiger partial charge >= 0.3 is 14.5 Å². The first-order chi connectivity index (χ1) is 11.0. The molecule has 0 spiro atoms. The third-order valence-electron chi connectivity index (χ3n) is 4.53. The standard InChI is InChI=1S/C17H34O4SSi/c1-4-6-7-8-9-11-16(18)21-17(5-2)14-19-23(3,20-15-17)13-10-12-22/h22H,4-15H2,1-3H3. The summed E-state index contributed by atoms with van der Waals surface area (Å²) in [5.41, 5.74) is -0.589. The van der Waals surface area contributed by atoms with Crippen molar-refractivity contribution in [1.29, 1.82) is 0 Å². The zero-order valence-corrected chi connectivity index (χ0v) is 17.0. The maximum Gasteiger partial charge on any atom is 0.335 e. The fourth-order valence-electron chi connectivity index (χ4n) is 2.70. The fourth-order valence-corrected chi connectivity index (χ4v) is 5.48. The molecule has 136 valence electrons. The van der Waals surface area contributed by atoms with E-state index in [1.54, 1.807) is 0 Å². The highest BCUT2D eigenvalue weighted by Crippen LogP contribution is 2.30. The molecule has 0 atom stereocenters. The molecule has 0 bridgehead atoms. The SMILES string of the molecule is CCCCCCCC(=O)OC1(CC)CO[Si](C)(CCCS)OC1. The van der Waals surface area contributed by atoms with Gasteiger partial charge in [0.25, 0.3) is 0 Å². The van der Waals surface area contributed by atoms with Gasteiger partial charge in [-0.2, -0.15) is 12.6 Å². The van der Waals surface area contributed by atoms with Gasteiger partial charge in [0.15, 0.2) is 5.60 Å². The van der Waals surface area contributed by atoms with Crippen LogP contribution in [0.4, 0.5) is 0 Å². The highest BCUT2D eigenvalue weighted by atomic mass is 32.1. The second-order valence-corrected chi connectivity index (χ2v) is 10.5. The maximum absolute atomic E-state index is 12.1. The Morgan fingerprint density at radius 1 is 1.13 bits per heavy atom. The molecule has 0 aromatic rings. The van der Waals surface area contributed by atoms with Crippen LogP contribution in [0.15, 0.2) is 0 Å². The van der Waals surface area contributed by atoms with Crippen molar-refractivity contribution in [3.05, 3.63) is 0 Å². The summed E-state index contributed by atoms with van der Waals surface area (Å²) in [6.07, 6.45) is 7.90. The fraction of sp³-hybridized carbons (Fsp3) is 0.941. The molecule has 0 radical (unpaired) electrons. The predicted molar refractivity (Wildman–Crippen MR) is 99.3 cm³/mol. The van der Waals surface area contributed by atoms with E-state index in [2.05, 4.69) is 26.1 Å². The molecule has 0 amide bonds. The molecular formula is C17H34O4SSi. The molecule has 1 heterocycles. The van der Waals surface area contributed by atoms with E-state index in [4.69, 9.17) is 13.6 Å². The van der Waals surface area contributed by atoms with Crippen molar-refractivity contribution < 1.29 is 18.4 Å². The number of esters is 1. The van der Waals surface area contributed by atoms with Crippen LogP contribution in [0.25, 0.3) is 0 Å². The summed E-state index contributed by atoms with van der Waals surface area (Å²) in [7, 11) is -2.09. The van der Waals surface area contributed by atoms with E-state index in [0.717, 1.165) is 37.5 Å². The number of ether oxygens (including phenoxy) is 1. The van der Waals surface area contributed by atoms with E-state index in [0.29, 0.717) is 19.6 Å². The van der Waals surface area contributed by atoms with Crippen molar-refractivity contribution in [2.75, 3.05) is 19.0 Å². The van der Waals surface area contributed by atoms with Crippen LogP contribution in [0.3, 0.4) is 0 Å². The van der Waals surface area contributed by atoms with Gasteiger partial charge < -0.3 is 13.6 Å². The van der Waals surface area contributed by atoms with Crippen molar-refractivity contribution >= 4 is 27.2 Å². The number of hydrogen-bond donors (Lipinski definition) is 1. The number of carbonyl (C=O) groups excluding carboxylic acids is 1. The molecule has 1 rings (SSSR count). The average Bonchev–Trinajstić information content (AvgIpc) is 2.55. The number of thiol groups is 1. The van der Waals surface area contributed by atoms with E-state index < -0.39 is 14.2 Å². The highest BCUT2D eigenvalue weighted by Gasteiger charge is 2.45. The Balaban J connectivity index is 2.37. The first kappa shape index (κ1) is 21.0. The van der Waals surface area contributed by atoms with Crippen molar-refractivity contribution in [3.63, 3.8) is 0 Å². The lowest BCUT2D eigenvalue weighted by Gasteiger charge is -2.42. The lowest BCUT2D eigenvalue weighted by Crippen LogP contribution is -2.56. The molecule has 23 heavy (non-hydrogen) atoms. The number of unbranched alkanes of at least 4 members (excludes halogenated alkanes) is 4. The Kier molecular flexibility index (Phi) is 9.81. The van der Waals surface area contributed by atoms with Gasteiger partial charge in [0.1, 0.15) is 0 Å². The minimum atomic E-state index is -2.09. The molecule has 1 aliphatic heterocycles. The summed E-state index contributed by atoms with van der Waals surface area (Å²) in [6.45, 7) is 7.25. The first-order valence-electron chi connectivity index (χ1n) is 9.10.